The molecule has 0 unspecified atom stereocenters. The monoisotopic (exact) mass is 640 g/mol. The minimum Gasteiger partial charge on any atom is -0.492 e. The Morgan fingerprint density at radius 2 is 1.74 bits per heavy atom. The van der Waals surface area contributed by atoms with Gasteiger partial charge in [-0.3, -0.25) is 0 Å². The van der Waals surface area contributed by atoms with Gasteiger partial charge in [0.2, 0.25) is 9.84 Å². The second-order valence-corrected chi connectivity index (χ2v) is 11.8. The highest BCUT2D eigenvalue weighted by Gasteiger charge is 2.24. The topological polar surface area (TPSA) is 61.8 Å². The minimum atomic E-state index is -3.77. The van der Waals surface area contributed by atoms with E-state index >= 15 is 0 Å². The average Bonchev–Trinajstić information content (AvgIpc) is 3.38. The van der Waals surface area contributed by atoms with Gasteiger partial charge in [0.25, 0.3) is 0 Å². The molecule has 35 heavy (non-hydrogen) atoms. The van der Waals surface area contributed by atoms with Crippen LogP contribution in [0.4, 0.5) is 0 Å². The van der Waals surface area contributed by atoms with Crippen LogP contribution in [0.15, 0.2) is 68.9 Å². The van der Waals surface area contributed by atoms with E-state index in [9.17, 15) is 8.42 Å². The van der Waals surface area contributed by atoms with Crippen molar-refractivity contribution < 1.29 is 22.6 Å². The highest BCUT2D eigenvalue weighted by Crippen LogP contribution is 2.35. The molecule has 0 bridgehead atoms. The summed E-state index contributed by atoms with van der Waals surface area (Å²) in [5.41, 5.74) is 3.35. The van der Waals surface area contributed by atoms with E-state index < -0.39 is 16.1 Å². The fraction of sp³-hybridized carbons (Fsp3) is 0.231. The first kappa shape index (κ1) is 26.4. The Kier molecular flexibility index (Phi) is 8.73. The summed E-state index contributed by atoms with van der Waals surface area (Å²) >= 11 is 13.3. The van der Waals surface area contributed by atoms with Gasteiger partial charge in [0.05, 0.1) is 40.2 Å². The van der Waals surface area contributed by atoms with Crippen molar-refractivity contribution in [2.45, 2.75) is 23.0 Å². The molecule has 1 heterocycles. The van der Waals surface area contributed by atoms with E-state index in [1.54, 1.807) is 36.4 Å². The lowest BCUT2D eigenvalue weighted by atomic mass is 10.0. The van der Waals surface area contributed by atoms with E-state index in [2.05, 4.69) is 31.9 Å². The molecule has 3 aromatic carbocycles. The van der Waals surface area contributed by atoms with Crippen molar-refractivity contribution in [3.8, 4) is 5.75 Å². The maximum atomic E-state index is 13.2. The molecule has 5 nitrogen and oxygen atoms in total. The molecule has 0 saturated carbocycles. The molecule has 0 N–H and O–H groups in total. The number of halogens is 3. The van der Waals surface area contributed by atoms with E-state index in [4.69, 9.17) is 25.8 Å². The predicted octanol–water partition coefficient (Wildman–Crippen LogP) is 7.23. The van der Waals surface area contributed by atoms with Crippen molar-refractivity contribution in [2.24, 2.45) is 0 Å². The zero-order valence-corrected chi connectivity index (χ0v) is 23.6. The Hall–Kier alpha value is -1.68. The normalized spacial score (nSPS) is 14.6. The fourth-order valence-electron chi connectivity index (χ4n) is 3.69. The first-order chi connectivity index (χ1) is 16.8. The van der Waals surface area contributed by atoms with Crippen LogP contribution in [-0.4, -0.2) is 33.6 Å². The number of hydrogen-bond acceptors (Lipinski definition) is 5. The Labute approximate surface area is 227 Å². The molecule has 0 atom stereocenters. The lowest BCUT2D eigenvalue weighted by Crippen LogP contribution is -2.06. The van der Waals surface area contributed by atoms with Crippen molar-refractivity contribution >= 4 is 65.5 Å². The number of sulfone groups is 1. The third-order valence-corrected chi connectivity index (χ3v) is 8.66. The molecule has 0 spiro atoms. The van der Waals surface area contributed by atoms with Crippen molar-refractivity contribution in [1.82, 2.24) is 0 Å². The summed E-state index contributed by atoms with van der Waals surface area (Å²) in [5, 5.41) is 0.858. The van der Waals surface area contributed by atoms with E-state index in [0.717, 1.165) is 21.2 Å². The van der Waals surface area contributed by atoms with E-state index in [0.29, 0.717) is 36.5 Å². The molecule has 3 aromatic rings. The first-order valence-corrected chi connectivity index (χ1v) is 14.6. The summed E-state index contributed by atoms with van der Waals surface area (Å²) in [7, 11) is -3.77. The van der Waals surface area contributed by atoms with Gasteiger partial charge in [-0.25, -0.2) is 8.42 Å². The van der Waals surface area contributed by atoms with E-state index in [1.165, 1.54) is 6.07 Å². The fourth-order valence-corrected chi connectivity index (χ4v) is 5.97. The van der Waals surface area contributed by atoms with Crippen LogP contribution in [0.5, 0.6) is 5.75 Å². The highest BCUT2D eigenvalue weighted by molar-refractivity contribution is 9.10. The number of aryl methyl sites for hydroxylation is 1. The molecular formula is C26H23Br2ClO5S. The summed E-state index contributed by atoms with van der Waals surface area (Å²) in [6.07, 6.45) is 3.25. The molecular weight excluding hydrogens is 620 g/mol. The number of alkyl halides is 1. The van der Waals surface area contributed by atoms with Gasteiger partial charge in [0, 0.05) is 9.80 Å². The molecule has 0 amide bonds. The molecule has 0 aromatic heterocycles. The maximum absolute atomic E-state index is 13.2. The SMILES string of the molecule is Cc1cc(C2OCCO2)c(OCCBr)cc1/C=C/c1cccc(S(=O)(=O)c2ccc(Br)cc2)c1Cl. The third-order valence-electron chi connectivity index (χ3n) is 5.46. The van der Waals surface area contributed by atoms with Gasteiger partial charge in [-0.1, -0.05) is 67.7 Å². The number of benzene rings is 3. The van der Waals surface area contributed by atoms with Gasteiger partial charge in [-0.2, -0.15) is 0 Å². The van der Waals surface area contributed by atoms with Gasteiger partial charge in [0.15, 0.2) is 6.29 Å². The molecule has 9 heteroatoms. The predicted molar refractivity (Wildman–Crippen MR) is 145 cm³/mol. The number of ether oxygens (including phenoxy) is 3. The van der Waals surface area contributed by atoms with Gasteiger partial charge in [0.1, 0.15) is 5.75 Å². The smallest absolute Gasteiger partial charge is 0.208 e. The Morgan fingerprint density at radius 3 is 2.43 bits per heavy atom. The Balaban J connectivity index is 1.68. The van der Waals surface area contributed by atoms with Crippen LogP contribution in [-0.2, 0) is 19.3 Å². The summed E-state index contributed by atoms with van der Waals surface area (Å²) < 4.78 is 44.5. The molecule has 184 valence electrons. The third kappa shape index (κ3) is 6.01. The van der Waals surface area contributed by atoms with Crippen molar-refractivity contribution in [1.29, 1.82) is 0 Å². The van der Waals surface area contributed by atoms with Crippen LogP contribution in [0.25, 0.3) is 12.2 Å². The zero-order chi connectivity index (χ0) is 25.0. The lowest BCUT2D eigenvalue weighted by molar-refractivity contribution is -0.0457. The number of rotatable bonds is 8. The Morgan fingerprint density at radius 1 is 1.06 bits per heavy atom. The molecule has 1 aliphatic rings. The lowest BCUT2D eigenvalue weighted by Gasteiger charge is -2.17. The molecule has 1 saturated heterocycles. The quantitative estimate of drug-likeness (QED) is 0.192. The molecule has 1 fully saturated rings. The van der Waals surface area contributed by atoms with Crippen LogP contribution in [0.1, 0.15) is 28.5 Å². The van der Waals surface area contributed by atoms with Crippen molar-refractivity contribution in [3.63, 3.8) is 0 Å². The summed E-state index contributed by atoms with van der Waals surface area (Å²) in [6, 6.07) is 15.4. The van der Waals surface area contributed by atoms with Crippen molar-refractivity contribution in [2.75, 3.05) is 25.2 Å². The van der Waals surface area contributed by atoms with Crippen LogP contribution in [0, 0.1) is 6.92 Å². The maximum Gasteiger partial charge on any atom is 0.208 e. The van der Waals surface area contributed by atoms with Crippen LogP contribution >= 0.6 is 43.5 Å². The standard InChI is InChI=1S/C26H23Br2ClO5S/c1-17-15-22(26-33-13-14-34-26)23(32-12-11-27)16-19(17)6-5-18-3-2-4-24(25(18)29)35(30,31)21-9-7-20(28)8-10-21/h2-10,15-16,26H,11-14H2,1H3/b6-5+. The van der Waals surface area contributed by atoms with Crippen LogP contribution in [0.3, 0.4) is 0 Å². The second kappa shape index (κ2) is 11.6. The molecule has 1 aliphatic heterocycles. The minimum absolute atomic E-state index is 0.0626. The van der Waals surface area contributed by atoms with Gasteiger partial charge < -0.3 is 14.2 Å². The molecule has 4 rings (SSSR count). The Bertz CT molecular complexity index is 1330. The van der Waals surface area contributed by atoms with Gasteiger partial charge in [-0.05, 0) is 66.1 Å². The average molecular weight is 643 g/mol. The first-order valence-electron chi connectivity index (χ1n) is 10.8. The van der Waals surface area contributed by atoms with E-state index in [-0.39, 0.29) is 14.8 Å². The summed E-state index contributed by atoms with van der Waals surface area (Å²) in [6.45, 7) is 3.57. The highest BCUT2D eigenvalue weighted by atomic mass is 79.9. The number of hydrogen-bond donors (Lipinski definition) is 0. The second-order valence-electron chi connectivity index (χ2n) is 7.81. The zero-order valence-electron chi connectivity index (χ0n) is 18.8. The summed E-state index contributed by atoms with van der Waals surface area (Å²) in [4.78, 5) is 0.243. The molecule has 0 radical (unpaired) electrons. The molecule has 0 aliphatic carbocycles. The van der Waals surface area contributed by atoms with Crippen LogP contribution in [0.2, 0.25) is 5.02 Å². The largest absolute Gasteiger partial charge is 0.492 e. The van der Waals surface area contributed by atoms with E-state index in [1.807, 2.05) is 31.2 Å². The van der Waals surface area contributed by atoms with Gasteiger partial charge >= 0.3 is 0 Å². The summed E-state index contributed by atoms with van der Waals surface area (Å²) in [5.74, 6) is 0.680. The van der Waals surface area contributed by atoms with Crippen LogP contribution < -0.4 is 4.74 Å². The van der Waals surface area contributed by atoms with Gasteiger partial charge in [-0.15, -0.1) is 0 Å². The van der Waals surface area contributed by atoms with Crippen molar-refractivity contribution in [3.05, 3.63) is 86.3 Å².